The monoisotopic (exact) mass is 330 g/mol. The Balaban J connectivity index is 2.49. The van der Waals surface area contributed by atoms with Crippen molar-refractivity contribution in [2.75, 3.05) is 6.61 Å². The molecule has 0 aliphatic heterocycles. The van der Waals surface area contributed by atoms with Crippen LogP contribution in [0.15, 0.2) is 36.4 Å². The van der Waals surface area contributed by atoms with Crippen LogP contribution < -0.4 is 0 Å². The lowest BCUT2D eigenvalue weighted by atomic mass is 10.1. The van der Waals surface area contributed by atoms with Gasteiger partial charge in [-0.3, -0.25) is 0 Å². The number of esters is 1. The molecule has 0 saturated heterocycles. The number of ether oxygens (including phenoxy) is 1. The minimum Gasteiger partial charge on any atom is -0.463 e. The van der Waals surface area contributed by atoms with Crippen LogP contribution in [0.2, 0.25) is 0 Å². The molecule has 1 aromatic rings. The summed E-state index contributed by atoms with van der Waals surface area (Å²) in [5.41, 5.74) is 1.79. The highest BCUT2D eigenvalue weighted by Gasteiger charge is 2.08. The number of aryl methyl sites for hydroxylation is 1. The number of hydrogen-bond donors (Lipinski definition) is 0. The van der Waals surface area contributed by atoms with Crippen LogP contribution in [0.5, 0.6) is 0 Å². The van der Waals surface area contributed by atoms with E-state index in [1.165, 1.54) is 9.13 Å². The first-order valence-electron chi connectivity index (χ1n) is 5.23. The second-order valence-electron chi connectivity index (χ2n) is 3.42. The van der Waals surface area contributed by atoms with E-state index in [0.29, 0.717) is 18.6 Å². The minimum atomic E-state index is -0.284. The standard InChI is InChI=1S/C13H15IO2/c1-3-16-13(15)10(2)8-9-11-6-4-5-7-12(11)14/h4-7H,2-3,8-9H2,1H3. The zero-order chi connectivity index (χ0) is 12.0. The van der Waals surface area contributed by atoms with Crippen molar-refractivity contribution in [1.29, 1.82) is 0 Å². The van der Waals surface area contributed by atoms with Crippen molar-refractivity contribution >= 4 is 28.6 Å². The maximum atomic E-state index is 11.3. The van der Waals surface area contributed by atoms with Gasteiger partial charge in [-0.2, -0.15) is 0 Å². The van der Waals surface area contributed by atoms with Gasteiger partial charge in [0.15, 0.2) is 0 Å². The van der Waals surface area contributed by atoms with E-state index in [4.69, 9.17) is 4.74 Å². The van der Waals surface area contributed by atoms with E-state index in [0.717, 1.165) is 6.42 Å². The number of carbonyl (C=O) groups is 1. The molecule has 2 nitrogen and oxygen atoms in total. The van der Waals surface area contributed by atoms with Gasteiger partial charge in [-0.25, -0.2) is 4.79 Å². The predicted octanol–water partition coefficient (Wildman–Crippen LogP) is 3.34. The molecule has 0 bridgehead atoms. The topological polar surface area (TPSA) is 26.3 Å². The van der Waals surface area contributed by atoms with E-state index in [-0.39, 0.29) is 5.97 Å². The van der Waals surface area contributed by atoms with Crippen LogP contribution in [-0.4, -0.2) is 12.6 Å². The van der Waals surface area contributed by atoms with Crippen LogP contribution in [0.3, 0.4) is 0 Å². The molecule has 0 spiro atoms. The second kappa shape index (κ2) is 6.68. The van der Waals surface area contributed by atoms with Crippen molar-refractivity contribution < 1.29 is 9.53 Å². The summed E-state index contributed by atoms with van der Waals surface area (Å²) in [5.74, 6) is -0.284. The summed E-state index contributed by atoms with van der Waals surface area (Å²) in [6.07, 6.45) is 1.48. The van der Waals surface area contributed by atoms with E-state index >= 15 is 0 Å². The Morgan fingerprint density at radius 2 is 2.12 bits per heavy atom. The zero-order valence-electron chi connectivity index (χ0n) is 9.33. The third-order valence-electron chi connectivity index (χ3n) is 2.22. The quantitative estimate of drug-likeness (QED) is 0.470. The van der Waals surface area contributed by atoms with Gasteiger partial charge in [-0.15, -0.1) is 0 Å². The van der Waals surface area contributed by atoms with Crippen LogP contribution in [0.25, 0.3) is 0 Å². The van der Waals surface area contributed by atoms with E-state index in [2.05, 4.69) is 41.3 Å². The van der Waals surface area contributed by atoms with Crippen molar-refractivity contribution in [3.63, 3.8) is 0 Å². The van der Waals surface area contributed by atoms with Crippen LogP contribution in [0, 0.1) is 3.57 Å². The van der Waals surface area contributed by atoms with Gasteiger partial charge in [-0.05, 0) is 54.0 Å². The first-order chi connectivity index (χ1) is 7.65. The number of halogens is 1. The van der Waals surface area contributed by atoms with Crippen molar-refractivity contribution in [3.05, 3.63) is 45.6 Å². The molecule has 0 aromatic heterocycles. The molecule has 0 saturated carbocycles. The van der Waals surface area contributed by atoms with Gasteiger partial charge >= 0.3 is 5.97 Å². The Morgan fingerprint density at radius 3 is 2.75 bits per heavy atom. The van der Waals surface area contributed by atoms with Gasteiger partial charge in [0.25, 0.3) is 0 Å². The third kappa shape index (κ3) is 3.96. The maximum absolute atomic E-state index is 11.3. The minimum absolute atomic E-state index is 0.284. The fraction of sp³-hybridized carbons (Fsp3) is 0.308. The summed E-state index contributed by atoms with van der Waals surface area (Å²) < 4.78 is 6.10. The molecule has 0 aliphatic carbocycles. The number of carbonyl (C=O) groups excluding carboxylic acids is 1. The Labute approximate surface area is 110 Å². The van der Waals surface area contributed by atoms with Crippen LogP contribution in [-0.2, 0) is 16.0 Å². The molecule has 0 fully saturated rings. The molecule has 1 rings (SSSR count). The Hall–Kier alpha value is -0.840. The van der Waals surface area contributed by atoms with Crippen molar-refractivity contribution in [1.82, 2.24) is 0 Å². The smallest absolute Gasteiger partial charge is 0.333 e. The summed E-state index contributed by atoms with van der Waals surface area (Å²) in [7, 11) is 0. The van der Waals surface area contributed by atoms with Crippen LogP contribution in [0.1, 0.15) is 18.9 Å². The van der Waals surface area contributed by atoms with Crippen LogP contribution >= 0.6 is 22.6 Å². The van der Waals surface area contributed by atoms with Crippen molar-refractivity contribution in [2.24, 2.45) is 0 Å². The number of rotatable bonds is 5. The normalized spacial score (nSPS) is 9.88. The summed E-state index contributed by atoms with van der Waals surface area (Å²) in [6, 6.07) is 8.14. The summed E-state index contributed by atoms with van der Waals surface area (Å²) in [5, 5.41) is 0. The molecule has 0 heterocycles. The van der Waals surface area contributed by atoms with E-state index in [1.54, 1.807) is 6.92 Å². The van der Waals surface area contributed by atoms with Gasteiger partial charge in [0, 0.05) is 9.14 Å². The molecule has 0 aliphatic rings. The van der Waals surface area contributed by atoms with Crippen molar-refractivity contribution in [3.8, 4) is 0 Å². The highest BCUT2D eigenvalue weighted by atomic mass is 127. The van der Waals surface area contributed by atoms with Gasteiger partial charge in [0.2, 0.25) is 0 Å². The molecule has 0 unspecified atom stereocenters. The van der Waals surface area contributed by atoms with E-state index in [9.17, 15) is 4.79 Å². The lowest BCUT2D eigenvalue weighted by Gasteiger charge is -2.06. The highest BCUT2D eigenvalue weighted by molar-refractivity contribution is 14.1. The molecule has 0 N–H and O–H groups in total. The average Bonchev–Trinajstić information content (AvgIpc) is 2.28. The fourth-order valence-electron chi connectivity index (χ4n) is 1.32. The predicted molar refractivity (Wildman–Crippen MR) is 73.3 cm³/mol. The van der Waals surface area contributed by atoms with E-state index in [1.807, 2.05) is 12.1 Å². The second-order valence-corrected chi connectivity index (χ2v) is 4.58. The Kier molecular flexibility index (Phi) is 5.52. The van der Waals surface area contributed by atoms with Crippen molar-refractivity contribution in [2.45, 2.75) is 19.8 Å². The third-order valence-corrected chi connectivity index (χ3v) is 3.27. The summed E-state index contributed by atoms with van der Waals surface area (Å²) >= 11 is 2.30. The Morgan fingerprint density at radius 1 is 1.44 bits per heavy atom. The Bertz CT molecular complexity index is 385. The number of hydrogen-bond acceptors (Lipinski definition) is 2. The maximum Gasteiger partial charge on any atom is 0.333 e. The van der Waals surface area contributed by atoms with Gasteiger partial charge < -0.3 is 4.74 Å². The molecule has 86 valence electrons. The van der Waals surface area contributed by atoms with Gasteiger partial charge in [0.1, 0.15) is 0 Å². The van der Waals surface area contributed by atoms with Crippen LogP contribution in [0.4, 0.5) is 0 Å². The molecule has 3 heteroatoms. The first-order valence-corrected chi connectivity index (χ1v) is 6.31. The molecular formula is C13H15IO2. The summed E-state index contributed by atoms with van der Waals surface area (Å²) in [6.45, 7) is 5.94. The molecule has 0 radical (unpaired) electrons. The largest absolute Gasteiger partial charge is 0.463 e. The SMILES string of the molecule is C=C(CCc1ccccc1I)C(=O)OCC. The lowest BCUT2D eigenvalue weighted by Crippen LogP contribution is -2.07. The van der Waals surface area contributed by atoms with Gasteiger partial charge in [-0.1, -0.05) is 24.8 Å². The molecule has 16 heavy (non-hydrogen) atoms. The number of benzene rings is 1. The zero-order valence-corrected chi connectivity index (χ0v) is 11.5. The first kappa shape index (κ1) is 13.2. The molecule has 0 amide bonds. The lowest BCUT2D eigenvalue weighted by molar-refractivity contribution is -0.138. The average molecular weight is 330 g/mol. The highest BCUT2D eigenvalue weighted by Crippen LogP contribution is 2.15. The molecular weight excluding hydrogens is 315 g/mol. The van der Waals surface area contributed by atoms with Gasteiger partial charge in [0.05, 0.1) is 6.61 Å². The molecule has 1 aromatic carbocycles. The molecule has 0 atom stereocenters. The summed E-state index contributed by atoms with van der Waals surface area (Å²) in [4.78, 5) is 11.3. The van der Waals surface area contributed by atoms with E-state index < -0.39 is 0 Å². The fourth-order valence-corrected chi connectivity index (χ4v) is 1.98.